The topological polar surface area (TPSA) is 82.3 Å². The Kier molecular flexibility index (Phi) is 5.56. The molecular formula is C19H21ClN4O2. The Morgan fingerprint density at radius 1 is 1.08 bits per heavy atom. The zero-order valence-corrected chi connectivity index (χ0v) is 15.4. The number of hydrogen-bond donors (Lipinski definition) is 4. The maximum atomic E-state index is 12.8. The second-order valence-electron chi connectivity index (χ2n) is 6.31. The monoisotopic (exact) mass is 372 g/mol. The lowest BCUT2D eigenvalue weighted by atomic mass is 9.94. The number of benzene rings is 2. The van der Waals surface area contributed by atoms with Crippen LogP contribution in [0, 0.1) is 12.8 Å². The van der Waals surface area contributed by atoms with Crippen molar-refractivity contribution in [3.05, 3.63) is 58.6 Å². The molecule has 7 heteroatoms. The molecule has 6 nitrogen and oxygen atoms in total. The van der Waals surface area contributed by atoms with Crippen LogP contribution in [0.4, 0.5) is 11.4 Å². The van der Waals surface area contributed by atoms with Crippen LogP contribution in [-0.2, 0) is 9.59 Å². The van der Waals surface area contributed by atoms with Gasteiger partial charge in [-0.05, 0) is 42.3 Å². The highest BCUT2D eigenvalue weighted by Gasteiger charge is 2.34. The number of hydrazine groups is 1. The van der Waals surface area contributed by atoms with E-state index in [1.54, 1.807) is 6.07 Å². The van der Waals surface area contributed by atoms with Crippen molar-refractivity contribution in [2.75, 3.05) is 17.2 Å². The van der Waals surface area contributed by atoms with Gasteiger partial charge in [0.1, 0.15) is 0 Å². The van der Waals surface area contributed by atoms with Crippen LogP contribution >= 0.6 is 11.6 Å². The summed E-state index contributed by atoms with van der Waals surface area (Å²) in [7, 11) is 0. The molecule has 1 heterocycles. The van der Waals surface area contributed by atoms with Gasteiger partial charge in [0.05, 0.1) is 12.0 Å². The van der Waals surface area contributed by atoms with Crippen molar-refractivity contribution in [1.82, 2.24) is 10.9 Å². The molecule has 0 aromatic heterocycles. The van der Waals surface area contributed by atoms with Crippen LogP contribution in [0.1, 0.15) is 24.1 Å². The standard InChI is InChI=1S/C19H21ClN4O2/c1-11-16(22-12(2)25)4-3-5-17(11)23-19(26)15-10-21-24-18(15)13-6-8-14(20)9-7-13/h3-9,15,18,21,24H,10H2,1-2H3,(H,22,25)(H,23,26). The van der Waals surface area contributed by atoms with E-state index in [9.17, 15) is 9.59 Å². The van der Waals surface area contributed by atoms with E-state index in [1.165, 1.54) is 6.92 Å². The molecule has 4 N–H and O–H groups in total. The fourth-order valence-electron chi connectivity index (χ4n) is 3.05. The minimum absolute atomic E-state index is 0.0921. The summed E-state index contributed by atoms with van der Waals surface area (Å²) < 4.78 is 0. The highest BCUT2D eigenvalue weighted by atomic mass is 35.5. The first-order valence-electron chi connectivity index (χ1n) is 8.37. The maximum Gasteiger partial charge on any atom is 0.230 e. The summed E-state index contributed by atoms with van der Waals surface area (Å²) in [5.41, 5.74) is 9.38. The van der Waals surface area contributed by atoms with Gasteiger partial charge in [-0.2, -0.15) is 0 Å². The fourth-order valence-corrected chi connectivity index (χ4v) is 3.17. The maximum absolute atomic E-state index is 12.8. The number of amides is 2. The summed E-state index contributed by atoms with van der Waals surface area (Å²) in [5, 5.41) is 6.41. The smallest absolute Gasteiger partial charge is 0.230 e. The summed E-state index contributed by atoms with van der Waals surface area (Å²) in [6.45, 7) is 3.84. The fraction of sp³-hybridized carbons (Fsp3) is 0.263. The first kappa shape index (κ1) is 18.4. The van der Waals surface area contributed by atoms with E-state index in [-0.39, 0.29) is 23.8 Å². The molecule has 0 radical (unpaired) electrons. The molecule has 0 saturated carbocycles. The van der Waals surface area contributed by atoms with Crippen LogP contribution in [0.3, 0.4) is 0 Å². The number of rotatable bonds is 4. The van der Waals surface area contributed by atoms with Crippen molar-refractivity contribution in [3.63, 3.8) is 0 Å². The number of nitrogens with one attached hydrogen (secondary N) is 4. The third-order valence-corrected chi connectivity index (χ3v) is 4.70. The SMILES string of the molecule is CC(=O)Nc1cccc(NC(=O)C2CNNC2c2ccc(Cl)cc2)c1C. The number of carbonyl (C=O) groups excluding carboxylic acids is 2. The lowest BCUT2D eigenvalue weighted by Crippen LogP contribution is -2.30. The first-order chi connectivity index (χ1) is 12.5. The Balaban J connectivity index is 1.77. The lowest BCUT2D eigenvalue weighted by molar-refractivity contribution is -0.119. The zero-order valence-electron chi connectivity index (χ0n) is 14.6. The van der Waals surface area contributed by atoms with Crippen molar-refractivity contribution in [3.8, 4) is 0 Å². The number of carbonyl (C=O) groups is 2. The van der Waals surface area contributed by atoms with Crippen molar-refractivity contribution in [2.45, 2.75) is 19.9 Å². The normalized spacial score (nSPS) is 19.2. The molecule has 1 fully saturated rings. The van der Waals surface area contributed by atoms with E-state index in [4.69, 9.17) is 11.6 Å². The largest absolute Gasteiger partial charge is 0.326 e. The van der Waals surface area contributed by atoms with Gasteiger partial charge < -0.3 is 10.6 Å². The van der Waals surface area contributed by atoms with Gasteiger partial charge in [-0.15, -0.1) is 0 Å². The number of anilines is 2. The van der Waals surface area contributed by atoms with Crippen molar-refractivity contribution in [1.29, 1.82) is 0 Å². The van der Waals surface area contributed by atoms with Gasteiger partial charge >= 0.3 is 0 Å². The Morgan fingerprint density at radius 2 is 1.73 bits per heavy atom. The van der Waals surface area contributed by atoms with Crippen LogP contribution in [0.5, 0.6) is 0 Å². The highest BCUT2D eigenvalue weighted by molar-refractivity contribution is 6.30. The molecule has 1 saturated heterocycles. The minimum Gasteiger partial charge on any atom is -0.326 e. The van der Waals surface area contributed by atoms with Gasteiger partial charge in [0, 0.05) is 29.9 Å². The van der Waals surface area contributed by atoms with E-state index in [0.29, 0.717) is 22.9 Å². The van der Waals surface area contributed by atoms with E-state index in [2.05, 4.69) is 21.5 Å². The summed E-state index contributed by atoms with van der Waals surface area (Å²) >= 11 is 5.95. The summed E-state index contributed by atoms with van der Waals surface area (Å²) in [5.74, 6) is -0.519. The van der Waals surface area contributed by atoms with Gasteiger partial charge in [-0.25, -0.2) is 5.43 Å². The van der Waals surface area contributed by atoms with Crippen LogP contribution in [0.2, 0.25) is 5.02 Å². The molecule has 0 aliphatic carbocycles. The molecule has 1 aliphatic heterocycles. The van der Waals surface area contributed by atoms with Crippen molar-refractivity contribution >= 4 is 34.8 Å². The molecule has 2 aromatic rings. The van der Waals surface area contributed by atoms with E-state index in [1.807, 2.05) is 43.3 Å². The highest BCUT2D eigenvalue weighted by Crippen LogP contribution is 2.29. The predicted molar refractivity (Wildman–Crippen MR) is 103 cm³/mol. The molecule has 3 rings (SSSR count). The number of halogens is 1. The molecule has 2 atom stereocenters. The third kappa shape index (κ3) is 4.04. The van der Waals surface area contributed by atoms with Gasteiger partial charge in [0.2, 0.25) is 11.8 Å². The average Bonchev–Trinajstić information content (AvgIpc) is 3.08. The van der Waals surface area contributed by atoms with Gasteiger partial charge in [0.25, 0.3) is 0 Å². The average molecular weight is 373 g/mol. The zero-order chi connectivity index (χ0) is 18.7. The van der Waals surface area contributed by atoms with Crippen LogP contribution in [0.25, 0.3) is 0 Å². The van der Waals surface area contributed by atoms with Crippen LogP contribution in [-0.4, -0.2) is 18.4 Å². The van der Waals surface area contributed by atoms with Crippen molar-refractivity contribution < 1.29 is 9.59 Å². The molecule has 26 heavy (non-hydrogen) atoms. The molecular weight excluding hydrogens is 352 g/mol. The number of hydrogen-bond acceptors (Lipinski definition) is 4. The van der Waals surface area contributed by atoms with Crippen LogP contribution < -0.4 is 21.5 Å². The minimum atomic E-state index is -0.278. The molecule has 136 valence electrons. The first-order valence-corrected chi connectivity index (χ1v) is 8.75. The Hall–Kier alpha value is -2.41. The Labute approximate surface area is 157 Å². The lowest BCUT2D eigenvalue weighted by Gasteiger charge is -2.20. The van der Waals surface area contributed by atoms with E-state index >= 15 is 0 Å². The second kappa shape index (κ2) is 7.86. The molecule has 1 aliphatic rings. The van der Waals surface area contributed by atoms with Crippen LogP contribution in [0.15, 0.2) is 42.5 Å². The van der Waals surface area contributed by atoms with Gasteiger partial charge in [0.15, 0.2) is 0 Å². The van der Waals surface area contributed by atoms with Gasteiger partial charge in [-0.3, -0.25) is 15.0 Å². The van der Waals surface area contributed by atoms with E-state index in [0.717, 1.165) is 11.1 Å². The summed E-state index contributed by atoms with van der Waals surface area (Å²) in [4.78, 5) is 24.2. The molecule has 0 spiro atoms. The van der Waals surface area contributed by atoms with E-state index < -0.39 is 0 Å². The summed E-state index contributed by atoms with van der Waals surface area (Å²) in [6.07, 6.45) is 0. The Morgan fingerprint density at radius 3 is 2.38 bits per heavy atom. The summed E-state index contributed by atoms with van der Waals surface area (Å²) in [6, 6.07) is 12.7. The predicted octanol–water partition coefficient (Wildman–Crippen LogP) is 3.01. The van der Waals surface area contributed by atoms with Gasteiger partial charge in [-0.1, -0.05) is 29.8 Å². The van der Waals surface area contributed by atoms with Crippen molar-refractivity contribution in [2.24, 2.45) is 5.92 Å². The quantitative estimate of drug-likeness (QED) is 0.665. The Bertz CT molecular complexity index is 823. The molecule has 2 amide bonds. The molecule has 2 aromatic carbocycles. The third-order valence-electron chi connectivity index (χ3n) is 4.45. The molecule has 2 unspecified atom stereocenters. The molecule has 0 bridgehead atoms. The second-order valence-corrected chi connectivity index (χ2v) is 6.75.